The van der Waals surface area contributed by atoms with Gasteiger partial charge in [0.1, 0.15) is 6.04 Å². The van der Waals surface area contributed by atoms with E-state index in [9.17, 15) is 14.9 Å². The van der Waals surface area contributed by atoms with Gasteiger partial charge in [0, 0.05) is 18.7 Å². The summed E-state index contributed by atoms with van der Waals surface area (Å²) in [6.07, 6.45) is 2.38. The van der Waals surface area contributed by atoms with Crippen LogP contribution in [-0.4, -0.2) is 41.9 Å². The summed E-state index contributed by atoms with van der Waals surface area (Å²) < 4.78 is 0. The molecule has 3 N–H and O–H groups in total. The van der Waals surface area contributed by atoms with Crippen LogP contribution in [0.4, 0.5) is 0 Å². The van der Waals surface area contributed by atoms with Crippen molar-refractivity contribution in [2.45, 2.75) is 51.1 Å². The molecule has 132 valence electrons. The second-order valence-electron chi connectivity index (χ2n) is 7.10. The van der Waals surface area contributed by atoms with Gasteiger partial charge in [-0.3, -0.25) is 9.59 Å². The fourth-order valence-electron chi connectivity index (χ4n) is 4.27. The number of benzene rings is 1. The van der Waals surface area contributed by atoms with Crippen molar-refractivity contribution in [2.24, 2.45) is 5.73 Å². The molecule has 2 aliphatic heterocycles. The Labute approximate surface area is 148 Å². The summed E-state index contributed by atoms with van der Waals surface area (Å²) in [6.45, 7) is 5.36. The summed E-state index contributed by atoms with van der Waals surface area (Å²) in [5, 5.41) is 12.5. The minimum atomic E-state index is -0.424. The van der Waals surface area contributed by atoms with E-state index in [2.05, 4.69) is 11.4 Å². The molecule has 0 radical (unpaired) electrons. The molecule has 2 heterocycles. The van der Waals surface area contributed by atoms with Crippen LogP contribution in [0.15, 0.2) is 12.1 Å². The first-order chi connectivity index (χ1) is 11.9. The van der Waals surface area contributed by atoms with Crippen molar-refractivity contribution in [3.05, 3.63) is 34.4 Å². The molecule has 2 amide bonds. The van der Waals surface area contributed by atoms with E-state index in [1.807, 2.05) is 26.0 Å². The number of carbonyl (C=O) groups excluding carboxylic acids is 2. The number of amides is 2. The minimum Gasteiger partial charge on any atom is -0.366 e. The monoisotopic (exact) mass is 340 g/mol. The second-order valence-corrected chi connectivity index (χ2v) is 7.10. The lowest BCUT2D eigenvalue weighted by atomic mass is 9.87. The first-order valence-corrected chi connectivity index (χ1v) is 8.76. The van der Waals surface area contributed by atoms with Crippen LogP contribution in [0.2, 0.25) is 0 Å². The highest BCUT2D eigenvalue weighted by Gasteiger charge is 2.38. The zero-order valence-corrected chi connectivity index (χ0v) is 14.7. The third kappa shape index (κ3) is 3.24. The van der Waals surface area contributed by atoms with Gasteiger partial charge < -0.3 is 16.0 Å². The summed E-state index contributed by atoms with van der Waals surface area (Å²) in [6, 6.07) is 5.35. The van der Waals surface area contributed by atoms with Gasteiger partial charge in [-0.1, -0.05) is 0 Å². The Balaban J connectivity index is 1.76. The van der Waals surface area contributed by atoms with Gasteiger partial charge in [0.25, 0.3) is 0 Å². The largest absolute Gasteiger partial charge is 0.366 e. The number of carbonyl (C=O) groups is 2. The number of nitrogens with one attached hydrogen (secondary N) is 1. The maximum atomic E-state index is 12.8. The average Bonchev–Trinajstić information content (AvgIpc) is 3.22. The van der Waals surface area contributed by atoms with Crippen LogP contribution in [0.25, 0.3) is 0 Å². The zero-order chi connectivity index (χ0) is 18.1. The SMILES string of the molecule is Cc1cc(C(N)=O)cc(C)c1[C@@H]1CN[C@H](C(=O)N2CCC[C@H]2C#N)C1. The number of nitriles is 1. The molecule has 0 unspecified atom stereocenters. The molecular formula is C19H24N4O2. The molecule has 3 atom stereocenters. The molecule has 6 heteroatoms. The number of rotatable bonds is 3. The van der Waals surface area contributed by atoms with Gasteiger partial charge in [-0.25, -0.2) is 0 Å². The number of primary amides is 1. The lowest BCUT2D eigenvalue weighted by molar-refractivity contribution is -0.133. The predicted octanol–water partition coefficient (Wildman–Crippen LogP) is 1.36. The highest BCUT2D eigenvalue weighted by Crippen LogP contribution is 2.33. The lowest BCUT2D eigenvalue weighted by Crippen LogP contribution is -2.45. The maximum absolute atomic E-state index is 12.8. The van der Waals surface area contributed by atoms with E-state index in [1.54, 1.807) is 4.90 Å². The van der Waals surface area contributed by atoms with E-state index in [1.165, 1.54) is 5.56 Å². The number of nitrogens with zero attached hydrogens (tertiary/aromatic N) is 2. The number of hydrogen-bond acceptors (Lipinski definition) is 4. The van der Waals surface area contributed by atoms with Crippen LogP contribution >= 0.6 is 0 Å². The quantitative estimate of drug-likeness (QED) is 0.868. The van der Waals surface area contributed by atoms with Gasteiger partial charge in [0.05, 0.1) is 12.1 Å². The third-order valence-electron chi connectivity index (χ3n) is 5.40. The Hall–Kier alpha value is -2.39. The Morgan fingerprint density at radius 1 is 1.32 bits per heavy atom. The van der Waals surface area contributed by atoms with Gasteiger partial charge in [0.2, 0.25) is 11.8 Å². The van der Waals surface area contributed by atoms with E-state index in [0.29, 0.717) is 18.5 Å². The molecular weight excluding hydrogens is 316 g/mol. The van der Waals surface area contributed by atoms with Gasteiger partial charge >= 0.3 is 0 Å². The highest BCUT2D eigenvalue weighted by molar-refractivity contribution is 5.93. The Morgan fingerprint density at radius 2 is 2.00 bits per heavy atom. The van der Waals surface area contributed by atoms with E-state index in [4.69, 9.17) is 5.73 Å². The molecule has 0 spiro atoms. The first-order valence-electron chi connectivity index (χ1n) is 8.76. The van der Waals surface area contributed by atoms with E-state index in [0.717, 1.165) is 30.5 Å². The average molecular weight is 340 g/mol. The molecule has 2 saturated heterocycles. The Morgan fingerprint density at radius 3 is 2.60 bits per heavy atom. The van der Waals surface area contributed by atoms with Gasteiger partial charge in [-0.2, -0.15) is 5.26 Å². The Kier molecular flexibility index (Phi) is 4.78. The van der Waals surface area contributed by atoms with Gasteiger partial charge in [-0.05, 0) is 67.9 Å². The van der Waals surface area contributed by atoms with Crippen LogP contribution in [0.5, 0.6) is 0 Å². The zero-order valence-electron chi connectivity index (χ0n) is 14.7. The van der Waals surface area contributed by atoms with E-state index < -0.39 is 5.91 Å². The molecule has 1 aromatic carbocycles. The molecule has 0 aromatic heterocycles. The van der Waals surface area contributed by atoms with Crippen molar-refractivity contribution < 1.29 is 9.59 Å². The summed E-state index contributed by atoms with van der Waals surface area (Å²) in [4.78, 5) is 25.9. The molecule has 25 heavy (non-hydrogen) atoms. The standard InChI is InChI=1S/C19H24N4O2/c1-11-6-13(18(21)24)7-12(2)17(11)14-8-16(22-10-14)19(25)23-5-3-4-15(23)9-20/h6-7,14-16,22H,3-5,8,10H2,1-2H3,(H2,21,24)/t14-,15-,16-/m0/s1. The Bertz CT molecular complexity index is 729. The second kappa shape index (κ2) is 6.85. The molecule has 0 bridgehead atoms. The summed E-state index contributed by atoms with van der Waals surface area (Å²) >= 11 is 0. The molecule has 0 aliphatic carbocycles. The molecule has 6 nitrogen and oxygen atoms in total. The van der Waals surface area contributed by atoms with Crippen molar-refractivity contribution in [2.75, 3.05) is 13.1 Å². The van der Waals surface area contributed by atoms with Gasteiger partial charge in [0.15, 0.2) is 0 Å². The van der Waals surface area contributed by atoms with Crippen molar-refractivity contribution in [3.63, 3.8) is 0 Å². The molecule has 2 aliphatic rings. The van der Waals surface area contributed by atoms with Crippen LogP contribution in [-0.2, 0) is 4.79 Å². The van der Waals surface area contributed by atoms with Crippen molar-refractivity contribution in [1.82, 2.24) is 10.2 Å². The topological polar surface area (TPSA) is 99.2 Å². The normalized spacial score (nSPS) is 25.8. The smallest absolute Gasteiger partial charge is 0.248 e. The van der Waals surface area contributed by atoms with Crippen molar-refractivity contribution in [1.29, 1.82) is 5.26 Å². The minimum absolute atomic E-state index is 0.0376. The molecule has 0 saturated carbocycles. The van der Waals surface area contributed by atoms with Crippen molar-refractivity contribution in [3.8, 4) is 6.07 Å². The summed E-state index contributed by atoms with van der Waals surface area (Å²) in [5.41, 5.74) is 9.16. The number of hydrogen-bond donors (Lipinski definition) is 2. The van der Waals surface area contributed by atoms with Crippen molar-refractivity contribution >= 4 is 11.8 Å². The van der Waals surface area contributed by atoms with Crippen LogP contribution in [0.3, 0.4) is 0 Å². The number of aryl methyl sites for hydroxylation is 2. The van der Waals surface area contributed by atoms with E-state index >= 15 is 0 Å². The highest BCUT2D eigenvalue weighted by atomic mass is 16.2. The van der Waals surface area contributed by atoms with Crippen LogP contribution in [0, 0.1) is 25.2 Å². The molecule has 3 rings (SSSR count). The van der Waals surface area contributed by atoms with Gasteiger partial charge in [-0.15, -0.1) is 0 Å². The van der Waals surface area contributed by atoms with E-state index in [-0.39, 0.29) is 23.9 Å². The van der Waals surface area contributed by atoms with Crippen LogP contribution in [0.1, 0.15) is 52.2 Å². The summed E-state index contributed by atoms with van der Waals surface area (Å²) in [7, 11) is 0. The third-order valence-corrected chi connectivity index (χ3v) is 5.40. The summed E-state index contributed by atoms with van der Waals surface area (Å²) in [5.74, 6) is -0.165. The number of likely N-dealkylation sites (tertiary alicyclic amines) is 1. The first kappa shape index (κ1) is 17.4. The maximum Gasteiger partial charge on any atom is 0.248 e. The fourth-order valence-corrected chi connectivity index (χ4v) is 4.27. The molecule has 2 fully saturated rings. The lowest BCUT2D eigenvalue weighted by Gasteiger charge is -2.23. The number of nitrogens with two attached hydrogens (primary N) is 1. The predicted molar refractivity (Wildman–Crippen MR) is 93.9 cm³/mol. The fraction of sp³-hybridized carbons (Fsp3) is 0.526. The molecule has 1 aromatic rings. The van der Waals surface area contributed by atoms with Crippen LogP contribution < -0.4 is 11.1 Å².